The first-order chi connectivity index (χ1) is 13.3. The Kier molecular flexibility index (Phi) is 4.27. The third kappa shape index (κ3) is 2.21. The van der Waals surface area contributed by atoms with Gasteiger partial charge in [-0.15, -0.1) is 0 Å². The number of fused-ring (bicyclic) bond motifs is 5. The molecule has 160 valence electrons. The standard InChI is InChI=1S/C22H29FO6/c1-11-8-15-14-5-4-12-9-13(24)6-7-19(12,2)21(14,23)16(25)10-20(15,3)22(11,29)17(26)18(27)28/h6-7,9,11,14-17,25-26,29H,4-5,8,10H2,1-3H3,(H,27,28)/t11-,14-,15-,16-,17?,19-,20-,21-,22-/m0/s1. The molecule has 9 atom stereocenters. The second kappa shape index (κ2) is 5.99. The first-order valence-corrected chi connectivity index (χ1v) is 10.3. The van der Waals surface area contributed by atoms with E-state index in [-0.39, 0.29) is 12.2 Å². The molecule has 0 radical (unpaired) electrons. The number of carboxylic acid groups (broad SMARTS) is 1. The van der Waals surface area contributed by atoms with E-state index in [1.54, 1.807) is 26.8 Å². The average molecular weight is 408 g/mol. The van der Waals surface area contributed by atoms with Crippen LogP contribution in [0.25, 0.3) is 0 Å². The maximum Gasteiger partial charge on any atom is 0.335 e. The quantitative estimate of drug-likeness (QED) is 0.554. The van der Waals surface area contributed by atoms with E-state index in [1.807, 2.05) is 0 Å². The summed E-state index contributed by atoms with van der Waals surface area (Å²) in [5, 5.41) is 42.4. The molecule has 29 heavy (non-hydrogen) atoms. The van der Waals surface area contributed by atoms with Gasteiger partial charge in [0, 0.05) is 16.7 Å². The van der Waals surface area contributed by atoms with Gasteiger partial charge in [-0.3, -0.25) is 4.79 Å². The number of alkyl halides is 1. The minimum absolute atomic E-state index is 0.166. The minimum Gasteiger partial charge on any atom is -0.479 e. The number of carbonyl (C=O) groups is 2. The molecule has 1 unspecified atom stereocenters. The van der Waals surface area contributed by atoms with Crippen molar-refractivity contribution in [2.45, 2.75) is 69.9 Å². The Morgan fingerprint density at radius 2 is 1.97 bits per heavy atom. The lowest BCUT2D eigenvalue weighted by Crippen LogP contribution is -2.70. The predicted octanol–water partition coefficient (Wildman–Crippen LogP) is 1.78. The molecular weight excluding hydrogens is 379 g/mol. The lowest BCUT2D eigenvalue weighted by atomic mass is 9.44. The van der Waals surface area contributed by atoms with E-state index in [9.17, 15) is 30.0 Å². The molecule has 0 aromatic rings. The van der Waals surface area contributed by atoms with Crippen molar-refractivity contribution in [2.24, 2.45) is 28.6 Å². The summed E-state index contributed by atoms with van der Waals surface area (Å²) in [6, 6.07) is 0. The molecule has 0 saturated heterocycles. The minimum atomic E-state index is -2.04. The van der Waals surface area contributed by atoms with Crippen LogP contribution < -0.4 is 0 Å². The Labute approximate surface area is 169 Å². The predicted molar refractivity (Wildman–Crippen MR) is 101 cm³/mol. The Morgan fingerprint density at radius 3 is 2.59 bits per heavy atom. The smallest absolute Gasteiger partial charge is 0.335 e. The number of carbonyl (C=O) groups excluding carboxylic acids is 1. The topological polar surface area (TPSA) is 115 Å². The van der Waals surface area contributed by atoms with Crippen molar-refractivity contribution in [3.63, 3.8) is 0 Å². The molecule has 0 bridgehead atoms. The van der Waals surface area contributed by atoms with Crippen molar-refractivity contribution in [2.75, 3.05) is 0 Å². The van der Waals surface area contributed by atoms with Crippen molar-refractivity contribution in [1.29, 1.82) is 0 Å². The molecule has 4 N–H and O–H groups in total. The van der Waals surface area contributed by atoms with E-state index in [0.29, 0.717) is 24.8 Å². The summed E-state index contributed by atoms with van der Waals surface area (Å²) in [6.45, 7) is 5.05. The molecule has 7 heteroatoms. The molecule has 4 rings (SSSR count). The largest absolute Gasteiger partial charge is 0.479 e. The van der Waals surface area contributed by atoms with Crippen LogP contribution >= 0.6 is 0 Å². The highest BCUT2D eigenvalue weighted by atomic mass is 19.1. The molecule has 0 aromatic heterocycles. The highest BCUT2D eigenvalue weighted by molar-refractivity contribution is 6.01. The number of allylic oxidation sites excluding steroid dienone is 4. The molecule has 6 nitrogen and oxygen atoms in total. The summed E-state index contributed by atoms with van der Waals surface area (Å²) < 4.78 is 16.9. The summed E-state index contributed by atoms with van der Waals surface area (Å²) in [7, 11) is 0. The zero-order valence-electron chi connectivity index (χ0n) is 16.9. The fraction of sp³-hybridized carbons (Fsp3) is 0.727. The Bertz CT molecular complexity index is 837. The van der Waals surface area contributed by atoms with Gasteiger partial charge in [-0.05, 0) is 56.6 Å². The molecule has 4 aliphatic rings. The van der Waals surface area contributed by atoms with Crippen molar-refractivity contribution in [3.8, 4) is 0 Å². The fourth-order valence-corrected chi connectivity index (χ4v) is 7.35. The van der Waals surface area contributed by atoms with Crippen molar-refractivity contribution in [3.05, 3.63) is 23.8 Å². The summed E-state index contributed by atoms with van der Waals surface area (Å²) in [4.78, 5) is 23.4. The number of aliphatic hydroxyl groups is 3. The summed E-state index contributed by atoms with van der Waals surface area (Å²) in [5.74, 6) is -3.33. The molecule has 0 aromatic carbocycles. The van der Waals surface area contributed by atoms with Gasteiger partial charge in [-0.25, -0.2) is 9.18 Å². The van der Waals surface area contributed by atoms with Crippen molar-refractivity contribution < 1.29 is 34.4 Å². The second-order valence-electron chi connectivity index (χ2n) is 9.97. The van der Waals surface area contributed by atoms with Crippen LogP contribution in [0.5, 0.6) is 0 Å². The summed E-state index contributed by atoms with van der Waals surface area (Å²) in [6.07, 6.45) is 1.94. The van der Waals surface area contributed by atoms with Gasteiger partial charge in [0.1, 0.15) is 5.60 Å². The van der Waals surface area contributed by atoms with E-state index in [1.165, 1.54) is 12.2 Å². The van der Waals surface area contributed by atoms with Crippen LogP contribution in [0, 0.1) is 28.6 Å². The van der Waals surface area contributed by atoms with Gasteiger partial charge in [0.15, 0.2) is 17.6 Å². The number of hydrogen-bond donors (Lipinski definition) is 4. The molecule has 0 amide bonds. The SMILES string of the molecule is C[C@H]1C[C@H]2[C@@H]3CCC4=CC(=O)C=C[C@]4(C)[C@@]3(F)[C@@H](O)C[C@]2(C)[C@@]1(O)C(O)C(=O)O. The van der Waals surface area contributed by atoms with Gasteiger partial charge in [-0.1, -0.05) is 25.5 Å². The first-order valence-electron chi connectivity index (χ1n) is 10.3. The molecule has 0 aliphatic heterocycles. The fourth-order valence-electron chi connectivity index (χ4n) is 7.35. The van der Waals surface area contributed by atoms with Crippen LogP contribution in [-0.2, 0) is 9.59 Å². The van der Waals surface area contributed by atoms with E-state index in [2.05, 4.69) is 0 Å². The Hall–Kier alpha value is -1.57. The summed E-state index contributed by atoms with van der Waals surface area (Å²) in [5.41, 5.74) is -5.65. The number of halogens is 1. The van der Waals surface area contributed by atoms with Gasteiger partial charge < -0.3 is 20.4 Å². The van der Waals surface area contributed by atoms with Gasteiger partial charge in [0.25, 0.3) is 0 Å². The molecule has 4 aliphatic carbocycles. The average Bonchev–Trinajstić information content (AvgIpc) is 2.84. The van der Waals surface area contributed by atoms with Crippen LogP contribution in [0.3, 0.4) is 0 Å². The Balaban J connectivity index is 1.83. The number of rotatable bonds is 2. The molecule has 3 saturated carbocycles. The van der Waals surface area contributed by atoms with E-state index in [0.717, 1.165) is 0 Å². The van der Waals surface area contributed by atoms with E-state index in [4.69, 9.17) is 0 Å². The van der Waals surface area contributed by atoms with Crippen LogP contribution in [0.2, 0.25) is 0 Å². The summed E-state index contributed by atoms with van der Waals surface area (Å²) >= 11 is 0. The van der Waals surface area contributed by atoms with Gasteiger partial charge in [0.05, 0.1) is 6.10 Å². The van der Waals surface area contributed by atoms with Gasteiger partial charge >= 0.3 is 5.97 Å². The number of hydrogen-bond acceptors (Lipinski definition) is 5. The Morgan fingerprint density at radius 1 is 1.31 bits per heavy atom. The zero-order chi connectivity index (χ0) is 21.6. The zero-order valence-corrected chi connectivity index (χ0v) is 16.9. The van der Waals surface area contributed by atoms with Crippen molar-refractivity contribution in [1.82, 2.24) is 0 Å². The number of aliphatic hydroxyl groups excluding tert-OH is 2. The number of carboxylic acids is 1. The lowest BCUT2D eigenvalue weighted by molar-refractivity contribution is -0.240. The van der Waals surface area contributed by atoms with Crippen LogP contribution in [0.1, 0.15) is 46.5 Å². The third-order valence-corrected chi connectivity index (χ3v) is 8.96. The van der Waals surface area contributed by atoms with Gasteiger partial charge in [0.2, 0.25) is 0 Å². The second-order valence-corrected chi connectivity index (χ2v) is 9.97. The monoisotopic (exact) mass is 408 g/mol. The van der Waals surface area contributed by atoms with Crippen molar-refractivity contribution >= 4 is 11.8 Å². The van der Waals surface area contributed by atoms with Crippen LogP contribution in [0.4, 0.5) is 4.39 Å². The lowest BCUT2D eigenvalue weighted by Gasteiger charge is -2.63. The number of aliphatic carboxylic acids is 1. The normalized spacial score (nSPS) is 52.2. The molecule has 0 spiro atoms. The van der Waals surface area contributed by atoms with E-state index >= 15 is 4.39 Å². The maximum atomic E-state index is 16.9. The molecule has 0 heterocycles. The number of ketones is 1. The van der Waals surface area contributed by atoms with E-state index < -0.39 is 58.0 Å². The van der Waals surface area contributed by atoms with Crippen LogP contribution in [-0.4, -0.2) is 55.7 Å². The van der Waals surface area contributed by atoms with Crippen LogP contribution in [0.15, 0.2) is 23.8 Å². The highest BCUT2D eigenvalue weighted by Gasteiger charge is 2.75. The highest BCUT2D eigenvalue weighted by Crippen LogP contribution is 2.71. The maximum absolute atomic E-state index is 16.9. The van der Waals surface area contributed by atoms with Gasteiger partial charge in [-0.2, -0.15) is 0 Å². The first kappa shape index (κ1) is 20.7. The molecule has 3 fully saturated rings. The third-order valence-electron chi connectivity index (χ3n) is 8.96. The molecular formula is C22H29FO6.